The minimum atomic E-state index is -0.413. The molecule has 1 fully saturated rings. The quantitative estimate of drug-likeness (QED) is 0.888. The van der Waals surface area contributed by atoms with Gasteiger partial charge in [-0.15, -0.1) is 12.4 Å². The van der Waals surface area contributed by atoms with E-state index in [9.17, 15) is 0 Å². The van der Waals surface area contributed by atoms with Crippen LogP contribution in [0.25, 0.3) is 11.0 Å². The van der Waals surface area contributed by atoms with Gasteiger partial charge in [-0.05, 0) is 50.8 Å². The van der Waals surface area contributed by atoms with Crippen molar-refractivity contribution in [1.82, 2.24) is 9.55 Å². The second kappa shape index (κ2) is 7.72. The van der Waals surface area contributed by atoms with E-state index in [4.69, 9.17) is 14.5 Å². The Morgan fingerprint density at radius 1 is 1.33 bits per heavy atom. The van der Waals surface area contributed by atoms with Crippen LogP contribution in [0.4, 0.5) is 5.69 Å². The fourth-order valence-electron chi connectivity index (χ4n) is 3.21. The molecule has 1 aliphatic heterocycles. The van der Waals surface area contributed by atoms with Crippen LogP contribution in [0.3, 0.4) is 0 Å². The Bertz CT molecular complexity index is 678. The van der Waals surface area contributed by atoms with Crippen LogP contribution in [0.5, 0.6) is 0 Å². The lowest BCUT2D eigenvalue weighted by Crippen LogP contribution is -2.28. The summed E-state index contributed by atoms with van der Waals surface area (Å²) < 4.78 is 13.6. The molecule has 1 saturated heterocycles. The predicted molar refractivity (Wildman–Crippen MR) is 100 cm³/mol. The minimum absolute atomic E-state index is 0. The molecule has 0 unspecified atom stereocenters. The first-order chi connectivity index (χ1) is 11.0. The Kier molecular flexibility index (Phi) is 6.12. The first-order valence-electron chi connectivity index (χ1n) is 8.36. The molecule has 2 aromatic rings. The summed E-state index contributed by atoms with van der Waals surface area (Å²) in [5.41, 5.74) is 2.86. The summed E-state index contributed by atoms with van der Waals surface area (Å²) in [6.07, 6.45) is 2.22. The van der Waals surface area contributed by atoms with Gasteiger partial charge in [0.2, 0.25) is 0 Å². The summed E-state index contributed by atoms with van der Waals surface area (Å²) in [7, 11) is 3.68. The van der Waals surface area contributed by atoms with Crippen molar-refractivity contribution in [3.63, 3.8) is 0 Å². The van der Waals surface area contributed by atoms with Crippen molar-refractivity contribution in [2.75, 3.05) is 32.7 Å². The van der Waals surface area contributed by atoms with Crippen molar-refractivity contribution in [2.24, 2.45) is 5.92 Å². The lowest BCUT2D eigenvalue weighted by atomic mass is 9.99. The summed E-state index contributed by atoms with van der Waals surface area (Å²) in [5.74, 6) is 1.63. The van der Waals surface area contributed by atoms with Crippen molar-refractivity contribution in [3.05, 3.63) is 24.0 Å². The maximum Gasteiger partial charge on any atom is 0.141 e. The van der Waals surface area contributed by atoms with E-state index in [0.29, 0.717) is 5.92 Å². The molecule has 0 spiro atoms. The number of methoxy groups -OCH3 is 1. The Balaban J connectivity index is 0.00000208. The number of nitrogens with zero attached hydrogens (tertiary/aromatic N) is 2. The molecule has 5 nitrogen and oxygen atoms in total. The molecule has 2 heterocycles. The second-order valence-electron chi connectivity index (χ2n) is 6.77. The third kappa shape index (κ3) is 3.68. The molecule has 0 aliphatic carbocycles. The zero-order valence-electron chi connectivity index (χ0n) is 15.0. The van der Waals surface area contributed by atoms with Crippen LogP contribution < -0.4 is 5.32 Å². The van der Waals surface area contributed by atoms with Gasteiger partial charge in [-0.2, -0.15) is 0 Å². The lowest BCUT2D eigenvalue weighted by Gasteiger charge is -2.27. The number of halogens is 1. The van der Waals surface area contributed by atoms with E-state index in [1.54, 1.807) is 7.11 Å². The molecule has 0 radical (unpaired) electrons. The monoisotopic (exact) mass is 353 g/mol. The van der Waals surface area contributed by atoms with E-state index in [1.165, 1.54) is 5.52 Å². The molecule has 1 aliphatic rings. The topological polar surface area (TPSA) is 48.3 Å². The average molecular weight is 354 g/mol. The molecule has 24 heavy (non-hydrogen) atoms. The smallest absolute Gasteiger partial charge is 0.141 e. The third-order valence-electron chi connectivity index (χ3n) is 4.87. The SMILES string of the molecule is CNc1ccc2c(c1)nc(C(C)(C)OC)n2CC1CCOCC1.Cl. The number of rotatable bonds is 5. The number of hydrogen-bond acceptors (Lipinski definition) is 4. The summed E-state index contributed by atoms with van der Waals surface area (Å²) in [4.78, 5) is 4.90. The van der Waals surface area contributed by atoms with Crippen molar-refractivity contribution in [3.8, 4) is 0 Å². The van der Waals surface area contributed by atoms with E-state index in [-0.39, 0.29) is 12.4 Å². The van der Waals surface area contributed by atoms with Gasteiger partial charge in [0.1, 0.15) is 11.4 Å². The fourth-order valence-corrected chi connectivity index (χ4v) is 3.21. The summed E-state index contributed by atoms with van der Waals surface area (Å²) in [5, 5.41) is 3.18. The highest BCUT2D eigenvalue weighted by molar-refractivity contribution is 5.85. The number of hydrogen-bond donors (Lipinski definition) is 1. The van der Waals surface area contributed by atoms with Crippen molar-refractivity contribution in [1.29, 1.82) is 0 Å². The van der Waals surface area contributed by atoms with Crippen LogP contribution in [0.15, 0.2) is 18.2 Å². The van der Waals surface area contributed by atoms with Gasteiger partial charge in [0.25, 0.3) is 0 Å². The highest BCUT2D eigenvalue weighted by atomic mass is 35.5. The molecule has 0 saturated carbocycles. The van der Waals surface area contributed by atoms with Crippen LogP contribution >= 0.6 is 12.4 Å². The Morgan fingerprint density at radius 3 is 2.67 bits per heavy atom. The van der Waals surface area contributed by atoms with E-state index in [0.717, 1.165) is 49.6 Å². The van der Waals surface area contributed by atoms with E-state index >= 15 is 0 Å². The highest BCUT2D eigenvalue weighted by Gasteiger charge is 2.29. The predicted octanol–water partition coefficient (Wildman–Crippen LogP) is 3.81. The molecule has 0 amide bonds. The second-order valence-corrected chi connectivity index (χ2v) is 6.77. The summed E-state index contributed by atoms with van der Waals surface area (Å²) in [6.45, 7) is 6.86. The van der Waals surface area contributed by atoms with Crippen LogP contribution in [-0.4, -0.2) is 36.9 Å². The lowest BCUT2D eigenvalue weighted by molar-refractivity contribution is 0.00684. The normalized spacial score (nSPS) is 16.2. The summed E-state index contributed by atoms with van der Waals surface area (Å²) >= 11 is 0. The van der Waals surface area contributed by atoms with Gasteiger partial charge in [-0.1, -0.05) is 0 Å². The van der Waals surface area contributed by atoms with Crippen LogP contribution in [0.1, 0.15) is 32.5 Å². The maximum absolute atomic E-state index is 5.72. The van der Waals surface area contributed by atoms with E-state index in [1.807, 2.05) is 7.05 Å². The number of benzene rings is 1. The highest BCUT2D eigenvalue weighted by Crippen LogP contribution is 2.31. The largest absolute Gasteiger partial charge is 0.388 e. The van der Waals surface area contributed by atoms with Crippen molar-refractivity contribution in [2.45, 2.75) is 38.8 Å². The first kappa shape index (κ1) is 19.0. The number of imidazole rings is 1. The number of aromatic nitrogens is 2. The Morgan fingerprint density at radius 2 is 2.04 bits per heavy atom. The van der Waals surface area contributed by atoms with Gasteiger partial charge in [-0.25, -0.2) is 4.98 Å². The fraction of sp³-hybridized carbons (Fsp3) is 0.611. The van der Waals surface area contributed by atoms with E-state index in [2.05, 4.69) is 41.9 Å². The molecular weight excluding hydrogens is 326 g/mol. The Labute approximate surface area is 150 Å². The average Bonchev–Trinajstić information content (AvgIpc) is 2.94. The van der Waals surface area contributed by atoms with Gasteiger partial charge in [0.15, 0.2) is 0 Å². The summed E-state index contributed by atoms with van der Waals surface area (Å²) in [6, 6.07) is 6.36. The molecule has 0 bridgehead atoms. The standard InChI is InChI=1S/C18H27N3O2.ClH/c1-18(2,22-4)17-20-15-11-14(19-3)5-6-16(15)21(17)12-13-7-9-23-10-8-13;/h5-6,11,13,19H,7-10,12H2,1-4H3;1H. The molecule has 3 rings (SSSR count). The Hall–Kier alpha value is -1.30. The molecule has 6 heteroatoms. The van der Waals surface area contributed by atoms with Crippen LogP contribution in [-0.2, 0) is 21.6 Å². The molecule has 1 aromatic heterocycles. The molecule has 1 aromatic carbocycles. The van der Waals surface area contributed by atoms with Gasteiger partial charge >= 0.3 is 0 Å². The van der Waals surface area contributed by atoms with Crippen LogP contribution in [0.2, 0.25) is 0 Å². The van der Waals surface area contributed by atoms with Gasteiger partial charge < -0.3 is 19.4 Å². The van der Waals surface area contributed by atoms with Gasteiger partial charge in [0, 0.05) is 39.6 Å². The third-order valence-corrected chi connectivity index (χ3v) is 4.87. The molecule has 1 N–H and O–H groups in total. The number of anilines is 1. The maximum atomic E-state index is 5.72. The number of ether oxygens (including phenoxy) is 2. The van der Waals surface area contributed by atoms with Crippen molar-refractivity contribution >= 4 is 29.1 Å². The van der Waals surface area contributed by atoms with Gasteiger partial charge in [0.05, 0.1) is 11.0 Å². The van der Waals surface area contributed by atoms with Crippen molar-refractivity contribution < 1.29 is 9.47 Å². The number of nitrogens with one attached hydrogen (secondary N) is 1. The number of fused-ring (bicyclic) bond motifs is 1. The minimum Gasteiger partial charge on any atom is -0.388 e. The first-order valence-corrected chi connectivity index (χ1v) is 8.36. The zero-order chi connectivity index (χ0) is 16.4. The molecule has 134 valence electrons. The van der Waals surface area contributed by atoms with E-state index < -0.39 is 5.60 Å². The van der Waals surface area contributed by atoms with Crippen LogP contribution in [0, 0.1) is 5.92 Å². The molecule has 0 atom stereocenters. The zero-order valence-corrected chi connectivity index (χ0v) is 15.8. The van der Waals surface area contributed by atoms with Gasteiger partial charge in [-0.3, -0.25) is 0 Å². The molecular formula is C18H28ClN3O2.